The fraction of sp³-hybridized carbons (Fsp3) is 0.143. The lowest BCUT2D eigenvalue weighted by atomic mass is 10.1. The molecule has 0 radical (unpaired) electrons. The molecule has 0 aliphatic heterocycles. The van der Waals surface area contributed by atoms with Gasteiger partial charge < -0.3 is 15.2 Å². The fourth-order valence-corrected chi connectivity index (χ4v) is 5.18. The van der Waals surface area contributed by atoms with Crippen LogP contribution in [-0.4, -0.2) is 23.8 Å². The van der Waals surface area contributed by atoms with Gasteiger partial charge in [-0.1, -0.05) is 36.4 Å². The highest BCUT2D eigenvalue weighted by Crippen LogP contribution is 2.39. The van der Waals surface area contributed by atoms with Crippen LogP contribution in [0.3, 0.4) is 0 Å². The van der Waals surface area contributed by atoms with E-state index in [1.807, 2.05) is 78.9 Å². The van der Waals surface area contributed by atoms with Gasteiger partial charge in [-0.15, -0.1) is 11.3 Å². The minimum absolute atomic E-state index is 0.0688. The molecule has 3 aromatic carbocycles. The molecule has 5 aromatic rings. The number of methoxy groups -OCH3 is 2. The first-order valence-electron chi connectivity index (χ1n) is 11.2. The SMILES string of the molecule is COc1ccc(-c2ccc(-c3nc4ccccc4c(=O)n3Cc3cccc(CN)c3)s2)c(OC)c1. The van der Waals surface area contributed by atoms with Crippen molar-refractivity contribution in [2.24, 2.45) is 5.73 Å². The van der Waals surface area contributed by atoms with Crippen LogP contribution < -0.4 is 20.8 Å². The number of hydrogen-bond donors (Lipinski definition) is 1. The summed E-state index contributed by atoms with van der Waals surface area (Å²) >= 11 is 1.57. The summed E-state index contributed by atoms with van der Waals surface area (Å²) in [5.41, 5.74) is 9.43. The second-order valence-electron chi connectivity index (χ2n) is 8.10. The summed E-state index contributed by atoms with van der Waals surface area (Å²) in [5.74, 6) is 2.09. The van der Waals surface area contributed by atoms with Crippen molar-refractivity contribution in [3.05, 3.63) is 100 Å². The van der Waals surface area contributed by atoms with Crippen molar-refractivity contribution >= 4 is 22.2 Å². The van der Waals surface area contributed by atoms with Crippen molar-refractivity contribution in [2.75, 3.05) is 14.2 Å². The second kappa shape index (κ2) is 9.74. The molecule has 6 nitrogen and oxygen atoms in total. The summed E-state index contributed by atoms with van der Waals surface area (Å²) in [6.07, 6.45) is 0. The van der Waals surface area contributed by atoms with E-state index in [1.165, 1.54) is 0 Å². The van der Waals surface area contributed by atoms with Gasteiger partial charge in [0.2, 0.25) is 0 Å². The maximum absolute atomic E-state index is 13.6. The second-order valence-corrected chi connectivity index (χ2v) is 9.18. The van der Waals surface area contributed by atoms with Gasteiger partial charge in [0, 0.05) is 23.1 Å². The van der Waals surface area contributed by atoms with Crippen LogP contribution in [0.2, 0.25) is 0 Å². The number of rotatable bonds is 7. The van der Waals surface area contributed by atoms with Gasteiger partial charge in [-0.3, -0.25) is 9.36 Å². The third kappa shape index (κ3) is 4.43. The zero-order valence-corrected chi connectivity index (χ0v) is 20.3. The van der Waals surface area contributed by atoms with Crippen LogP contribution in [-0.2, 0) is 13.1 Å². The van der Waals surface area contributed by atoms with Crippen molar-refractivity contribution in [2.45, 2.75) is 13.1 Å². The van der Waals surface area contributed by atoms with Crippen molar-refractivity contribution in [1.82, 2.24) is 9.55 Å². The first-order chi connectivity index (χ1) is 17.1. The number of aromatic nitrogens is 2. The predicted octanol–water partition coefficient (Wildman–Crippen LogP) is 5.32. The Morgan fingerprint density at radius 3 is 2.49 bits per heavy atom. The highest BCUT2D eigenvalue weighted by molar-refractivity contribution is 7.18. The molecule has 0 bridgehead atoms. The first kappa shape index (κ1) is 22.8. The lowest BCUT2D eigenvalue weighted by molar-refractivity contribution is 0.395. The molecule has 0 aliphatic rings. The van der Waals surface area contributed by atoms with Crippen LogP contribution in [0.1, 0.15) is 11.1 Å². The monoisotopic (exact) mass is 483 g/mol. The molecule has 2 aromatic heterocycles. The first-order valence-corrected chi connectivity index (χ1v) is 12.0. The van der Waals surface area contributed by atoms with Gasteiger partial charge in [-0.05, 0) is 47.5 Å². The van der Waals surface area contributed by atoms with Gasteiger partial charge in [0.25, 0.3) is 5.56 Å². The van der Waals surface area contributed by atoms with Crippen LogP contribution in [0.5, 0.6) is 11.5 Å². The quantitative estimate of drug-likeness (QED) is 0.339. The van der Waals surface area contributed by atoms with Crippen molar-refractivity contribution in [1.29, 1.82) is 0 Å². The molecule has 0 aliphatic carbocycles. The average Bonchev–Trinajstić information content (AvgIpc) is 3.39. The van der Waals surface area contributed by atoms with Gasteiger partial charge in [0.15, 0.2) is 5.82 Å². The molecule has 0 atom stereocenters. The van der Waals surface area contributed by atoms with Gasteiger partial charge in [-0.2, -0.15) is 0 Å². The Labute approximate surface area is 207 Å². The van der Waals surface area contributed by atoms with Crippen LogP contribution >= 0.6 is 11.3 Å². The molecule has 0 unspecified atom stereocenters. The van der Waals surface area contributed by atoms with Gasteiger partial charge in [0.1, 0.15) is 11.5 Å². The fourth-order valence-electron chi connectivity index (χ4n) is 4.15. The molecule has 5 rings (SSSR count). The molecule has 176 valence electrons. The van der Waals surface area contributed by atoms with E-state index in [0.717, 1.165) is 37.9 Å². The lowest BCUT2D eigenvalue weighted by Gasteiger charge is -2.13. The molecular formula is C28H25N3O3S. The third-order valence-corrected chi connectivity index (χ3v) is 7.04. The minimum atomic E-state index is -0.0688. The predicted molar refractivity (Wildman–Crippen MR) is 141 cm³/mol. The van der Waals surface area contributed by atoms with Crippen LogP contribution in [0.15, 0.2) is 83.7 Å². The molecule has 0 saturated heterocycles. The summed E-state index contributed by atoms with van der Waals surface area (Å²) in [4.78, 5) is 20.4. The Kier molecular flexibility index (Phi) is 6.35. The zero-order valence-electron chi connectivity index (χ0n) is 19.5. The minimum Gasteiger partial charge on any atom is -0.497 e. The van der Waals surface area contributed by atoms with E-state index in [-0.39, 0.29) is 5.56 Å². The Morgan fingerprint density at radius 1 is 0.886 bits per heavy atom. The zero-order chi connectivity index (χ0) is 24.4. The Morgan fingerprint density at radius 2 is 1.69 bits per heavy atom. The average molecular weight is 484 g/mol. The largest absolute Gasteiger partial charge is 0.497 e. The van der Waals surface area contributed by atoms with E-state index in [0.29, 0.717) is 29.8 Å². The standard InChI is InChI=1S/C28H25N3O3S/c1-33-20-10-11-22(24(15-20)34-2)25-12-13-26(35-25)27-30-23-9-4-3-8-21(23)28(32)31(27)17-19-7-5-6-18(14-19)16-29/h3-15H,16-17,29H2,1-2H3. The molecule has 0 amide bonds. The highest BCUT2D eigenvalue weighted by Gasteiger charge is 2.17. The smallest absolute Gasteiger partial charge is 0.261 e. The molecule has 7 heteroatoms. The van der Waals surface area contributed by atoms with E-state index in [1.54, 1.807) is 30.1 Å². The van der Waals surface area contributed by atoms with Crippen molar-refractivity contribution in [3.63, 3.8) is 0 Å². The number of hydrogen-bond acceptors (Lipinski definition) is 6. The number of para-hydroxylation sites is 1. The van der Waals surface area contributed by atoms with Gasteiger partial charge >= 0.3 is 0 Å². The number of nitrogens with zero attached hydrogens (tertiary/aromatic N) is 2. The van der Waals surface area contributed by atoms with Crippen molar-refractivity contribution in [3.8, 4) is 32.6 Å². The molecule has 0 spiro atoms. The molecule has 0 fully saturated rings. The van der Waals surface area contributed by atoms with E-state index in [2.05, 4.69) is 0 Å². The summed E-state index contributed by atoms with van der Waals surface area (Å²) in [6.45, 7) is 0.850. The van der Waals surface area contributed by atoms with Gasteiger partial charge in [-0.25, -0.2) is 4.98 Å². The number of thiophene rings is 1. The summed E-state index contributed by atoms with van der Waals surface area (Å²) < 4.78 is 12.7. The molecule has 35 heavy (non-hydrogen) atoms. The van der Waals surface area contributed by atoms with E-state index in [9.17, 15) is 4.79 Å². The Hall–Kier alpha value is -3.94. The van der Waals surface area contributed by atoms with Gasteiger partial charge in [0.05, 0.1) is 36.5 Å². The molecule has 2 heterocycles. The van der Waals surface area contributed by atoms with E-state index >= 15 is 0 Å². The number of fused-ring (bicyclic) bond motifs is 1. The Bertz CT molecular complexity index is 1570. The highest BCUT2D eigenvalue weighted by atomic mass is 32.1. The summed E-state index contributed by atoms with van der Waals surface area (Å²) in [5, 5.41) is 0.597. The molecular weight excluding hydrogens is 458 g/mol. The van der Waals surface area contributed by atoms with Crippen molar-refractivity contribution < 1.29 is 9.47 Å². The normalized spacial score (nSPS) is 11.1. The van der Waals surface area contributed by atoms with Crippen LogP contribution in [0.4, 0.5) is 0 Å². The maximum atomic E-state index is 13.6. The molecule has 0 saturated carbocycles. The number of benzene rings is 3. The number of ether oxygens (including phenoxy) is 2. The molecule has 2 N–H and O–H groups in total. The van der Waals surface area contributed by atoms with Crippen LogP contribution in [0.25, 0.3) is 32.0 Å². The summed E-state index contributed by atoms with van der Waals surface area (Å²) in [6, 6.07) is 25.2. The van der Waals surface area contributed by atoms with E-state index < -0.39 is 0 Å². The number of nitrogens with two attached hydrogens (primary N) is 1. The Balaban J connectivity index is 1.65. The third-order valence-electron chi connectivity index (χ3n) is 5.93. The topological polar surface area (TPSA) is 79.4 Å². The lowest BCUT2D eigenvalue weighted by Crippen LogP contribution is -2.24. The van der Waals surface area contributed by atoms with Crippen LogP contribution in [0, 0.1) is 0 Å². The van der Waals surface area contributed by atoms with E-state index in [4.69, 9.17) is 20.2 Å². The maximum Gasteiger partial charge on any atom is 0.261 e. The summed E-state index contributed by atoms with van der Waals surface area (Å²) in [7, 11) is 3.27.